The van der Waals surface area contributed by atoms with Gasteiger partial charge in [0, 0.05) is 6.04 Å². The number of hydrogen-bond donors (Lipinski definition) is 1. The fraction of sp³-hybridized carbons (Fsp3) is 0.158. The van der Waals surface area contributed by atoms with E-state index in [0.717, 1.165) is 6.16 Å². The average Bonchev–Trinajstić information content (AvgIpc) is 3.02. The molecule has 2 atom stereocenters. The topological polar surface area (TPSA) is 29.1 Å². The molecule has 6 aromatic carbocycles. The fourth-order valence-corrected chi connectivity index (χ4v) is 8.98. The Kier molecular flexibility index (Phi) is 8.36. The monoisotopic (exact) mass is 585 g/mol. The van der Waals surface area contributed by atoms with E-state index in [4.69, 9.17) is 0 Å². The van der Waals surface area contributed by atoms with Crippen molar-refractivity contribution < 1.29 is 4.21 Å². The Hall–Kier alpha value is -3.62. The second kappa shape index (κ2) is 12.3. The van der Waals surface area contributed by atoms with Gasteiger partial charge >= 0.3 is 0 Å². The molecule has 0 saturated heterocycles. The summed E-state index contributed by atoms with van der Waals surface area (Å²) in [5, 5.41) is 7.54. The van der Waals surface area contributed by atoms with Gasteiger partial charge in [0.1, 0.15) is 0 Å². The van der Waals surface area contributed by atoms with Gasteiger partial charge < -0.3 is 0 Å². The molecule has 0 bridgehead atoms. The molecule has 0 heterocycles. The first-order valence-corrected chi connectivity index (χ1v) is 17.1. The zero-order chi connectivity index (χ0) is 29.1. The minimum absolute atomic E-state index is 0.134. The third-order valence-corrected chi connectivity index (χ3v) is 11.9. The summed E-state index contributed by atoms with van der Waals surface area (Å²) < 4.78 is 17.0. The van der Waals surface area contributed by atoms with Crippen molar-refractivity contribution in [2.24, 2.45) is 0 Å². The molecular weight excluding hydrogens is 549 g/mol. The molecule has 0 radical (unpaired) electrons. The van der Waals surface area contributed by atoms with Crippen LogP contribution in [0.3, 0.4) is 0 Å². The number of nitrogens with one attached hydrogen (secondary N) is 1. The average molecular weight is 586 g/mol. The molecule has 4 heteroatoms. The zero-order valence-corrected chi connectivity index (χ0v) is 26.0. The highest BCUT2D eigenvalue weighted by Gasteiger charge is 2.29. The Morgan fingerprint density at radius 3 is 1.67 bits per heavy atom. The van der Waals surface area contributed by atoms with Gasteiger partial charge in [-0.25, -0.2) is 8.93 Å². The van der Waals surface area contributed by atoms with Crippen LogP contribution in [0.4, 0.5) is 0 Å². The van der Waals surface area contributed by atoms with Gasteiger partial charge in [-0.05, 0) is 89.8 Å². The van der Waals surface area contributed by atoms with Gasteiger partial charge in [-0.3, -0.25) is 0 Å². The highest BCUT2D eigenvalue weighted by Crippen LogP contribution is 2.43. The van der Waals surface area contributed by atoms with Gasteiger partial charge in [-0.1, -0.05) is 133 Å². The van der Waals surface area contributed by atoms with Crippen LogP contribution >= 0.6 is 7.92 Å². The van der Waals surface area contributed by atoms with E-state index in [1.54, 1.807) is 0 Å². The van der Waals surface area contributed by atoms with Crippen molar-refractivity contribution in [1.29, 1.82) is 0 Å². The second-order valence-corrected chi connectivity index (χ2v) is 15.9. The smallest absolute Gasteiger partial charge is 0.0976 e. The molecule has 6 rings (SSSR count). The SMILES string of the molecule is CC(C)(C)S(=O)N[C@@H](CP(c1ccccc1)c1ccccc1)c1ccccc1-c1c2ccccc2cc2ccccc12. The van der Waals surface area contributed by atoms with Crippen molar-refractivity contribution in [3.63, 3.8) is 0 Å². The number of benzene rings is 6. The van der Waals surface area contributed by atoms with E-state index >= 15 is 0 Å². The summed E-state index contributed by atoms with van der Waals surface area (Å²) in [6.07, 6.45) is 0.824. The van der Waals surface area contributed by atoms with Gasteiger partial charge in [0.25, 0.3) is 0 Å². The van der Waals surface area contributed by atoms with Gasteiger partial charge in [0.15, 0.2) is 0 Å². The first-order valence-electron chi connectivity index (χ1n) is 14.5. The molecule has 0 aliphatic carbocycles. The molecule has 0 aliphatic rings. The molecule has 1 N–H and O–H groups in total. The van der Waals surface area contributed by atoms with E-state index in [9.17, 15) is 4.21 Å². The van der Waals surface area contributed by atoms with Crippen LogP contribution in [0.25, 0.3) is 32.7 Å². The lowest BCUT2D eigenvalue weighted by atomic mass is 9.88. The van der Waals surface area contributed by atoms with Crippen molar-refractivity contribution in [2.45, 2.75) is 31.6 Å². The summed E-state index contributed by atoms with van der Waals surface area (Å²) >= 11 is 0. The van der Waals surface area contributed by atoms with Crippen LogP contribution in [-0.4, -0.2) is 15.1 Å². The van der Waals surface area contributed by atoms with Crippen LogP contribution in [0.1, 0.15) is 32.4 Å². The Balaban J connectivity index is 1.56. The van der Waals surface area contributed by atoms with Crippen LogP contribution in [0.2, 0.25) is 0 Å². The summed E-state index contributed by atoms with van der Waals surface area (Å²) in [5.74, 6) is 0. The molecular formula is C38H36NOPS. The number of hydrogen-bond acceptors (Lipinski definition) is 1. The van der Waals surface area contributed by atoms with Crippen LogP contribution in [0.5, 0.6) is 0 Å². The van der Waals surface area contributed by atoms with Crippen LogP contribution in [-0.2, 0) is 11.0 Å². The summed E-state index contributed by atoms with van der Waals surface area (Å²) in [7, 11) is -1.98. The molecule has 0 saturated carbocycles. The summed E-state index contributed by atoms with van der Waals surface area (Å²) in [6.45, 7) is 6.11. The van der Waals surface area contributed by atoms with Gasteiger partial charge in [-0.2, -0.15) is 0 Å². The fourth-order valence-electron chi connectivity index (χ4n) is 5.60. The molecule has 2 nitrogen and oxygen atoms in total. The molecule has 210 valence electrons. The largest absolute Gasteiger partial charge is 0.242 e. The van der Waals surface area contributed by atoms with Crippen LogP contribution in [0, 0.1) is 0 Å². The maximum Gasteiger partial charge on any atom is 0.0976 e. The van der Waals surface area contributed by atoms with E-state index in [-0.39, 0.29) is 6.04 Å². The molecule has 0 fully saturated rings. The van der Waals surface area contributed by atoms with Gasteiger partial charge in [0.2, 0.25) is 0 Å². The lowest BCUT2D eigenvalue weighted by molar-refractivity contribution is 0.618. The first-order chi connectivity index (χ1) is 20.4. The predicted molar refractivity (Wildman–Crippen MR) is 185 cm³/mol. The minimum atomic E-state index is -1.26. The van der Waals surface area contributed by atoms with E-state index in [2.05, 4.69) is 144 Å². The Labute approximate surface area is 253 Å². The molecule has 42 heavy (non-hydrogen) atoms. The van der Waals surface area contributed by atoms with Crippen molar-refractivity contribution >= 4 is 51.1 Å². The highest BCUT2D eigenvalue weighted by atomic mass is 32.2. The lowest BCUT2D eigenvalue weighted by Gasteiger charge is -2.30. The standard InChI is InChI=1S/C38H36NOPS/c1-38(2,3)42(40)39-36(27-41(30-18-6-4-7-19-30)31-20-8-5-9-21-31)34-24-14-15-25-35(34)37-32-22-12-10-16-28(32)26-29-17-11-13-23-33(29)37/h4-26,36,39H,27H2,1-3H3/t36-,42?/m0/s1. The lowest BCUT2D eigenvalue weighted by Crippen LogP contribution is -2.37. The van der Waals surface area contributed by atoms with Gasteiger partial charge in [-0.15, -0.1) is 0 Å². The molecule has 0 spiro atoms. The highest BCUT2D eigenvalue weighted by molar-refractivity contribution is 7.84. The Morgan fingerprint density at radius 1 is 0.643 bits per heavy atom. The van der Waals surface area contributed by atoms with Crippen LogP contribution < -0.4 is 15.3 Å². The zero-order valence-electron chi connectivity index (χ0n) is 24.3. The van der Waals surface area contributed by atoms with Crippen molar-refractivity contribution in [3.05, 3.63) is 145 Å². The summed E-state index contributed by atoms with van der Waals surface area (Å²) in [6, 6.07) is 49.8. The van der Waals surface area contributed by atoms with E-state index in [1.807, 2.05) is 20.8 Å². The summed E-state index contributed by atoms with van der Waals surface area (Å²) in [4.78, 5) is 0. The van der Waals surface area contributed by atoms with Gasteiger partial charge in [0.05, 0.1) is 15.7 Å². The first kappa shape index (κ1) is 28.5. The van der Waals surface area contributed by atoms with Crippen molar-refractivity contribution in [2.75, 3.05) is 6.16 Å². The molecule has 6 aromatic rings. The Bertz CT molecular complexity index is 1750. The van der Waals surface area contributed by atoms with E-state index in [1.165, 1.54) is 48.8 Å². The van der Waals surface area contributed by atoms with E-state index < -0.39 is 23.7 Å². The van der Waals surface area contributed by atoms with Crippen molar-refractivity contribution in [1.82, 2.24) is 4.72 Å². The Morgan fingerprint density at radius 2 is 1.12 bits per heavy atom. The quantitative estimate of drug-likeness (QED) is 0.140. The maximum atomic E-state index is 13.8. The predicted octanol–water partition coefficient (Wildman–Crippen LogP) is 8.89. The van der Waals surface area contributed by atoms with Crippen LogP contribution in [0.15, 0.2) is 140 Å². The summed E-state index contributed by atoms with van der Waals surface area (Å²) in [5.41, 5.74) is 3.59. The molecule has 1 unspecified atom stereocenters. The normalized spacial score (nSPS) is 13.4. The third kappa shape index (κ3) is 5.96. The van der Waals surface area contributed by atoms with E-state index in [0.29, 0.717) is 0 Å². The number of rotatable bonds is 8. The van der Waals surface area contributed by atoms with Crippen molar-refractivity contribution in [3.8, 4) is 11.1 Å². The number of fused-ring (bicyclic) bond motifs is 2. The molecule has 0 aromatic heterocycles. The minimum Gasteiger partial charge on any atom is -0.242 e. The maximum absolute atomic E-state index is 13.8. The molecule has 0 amide bonds. The third-order valence-electron chi connectivity index (χ3n) is 7.68. The second-order valence-electron chi connectivity index (χ2n) is 11.6. The molecule has 0 aliphatic heterocycles.